The maximum Gasteiger partial charge on any atom is 0.344 e. The molecule has 0 aromatic heterocycles. The zero-order valence-electron chi connectivity index (χ0n) is 12.5. The van der Waals surface area contributed by atoms with Crippen LogP contribution in [-0.2, 0) is 19.1 Å². The molecule has 22 heavy (non-hydrogen) atoms. The number of carboxylic acids is 2. The van der Waals surface area contributed by atoms with Crippen LogP contribution >= 0.6 is 0 Å². The van der Waals surface area contributed by atoms with Crippen molar-refractivity contribution >= 4 is 11.9 Å². The molecule has 0 radical (unpaired) electrons. The highest BCUT2D eigenvalue weighted by Gasteiger charge is 2.43. The van der Waals surface area contributed by atoms with E-state index in [0.29, 0.717) is 32.5 Å². The van der Waals surface area contributed by atoms with Crippen molar-refractivity contribution in [3.05, 3.63) is 24.3 Å². The summed E-state index contributed by atoms with van der Waals surface area (Å²) < 4.78 is 11.0. The fourth-order valence-corrected chi connectivity index (χ4v) is 2.64. The van der Waals surface area contributed by atoms with Crippen LogP contribution in [0.5, 0.6) is 0 Å². The van der Waals surface area contributed by atoms with Gasteiger partial charge in [0.05, 0.1) is 0 Å². The normalized spacial score (nSPS) is 33.3. The van der Waals surface area contributed by atoms with Gasteiger partial charge in [-0.3, -0.25) is 4.79 Å². The van der Waals surface area contributed by atoms with Crippen molar-refractivity contribution in [1.82, 2.24) is 0 Å². The summed E-state index contributed by atoms with van der Waals surface area (Å²) in [5, 5.41) is 19.0. The van der Waals surface area contributed by atoms with Gasteiger partial charge in [0, 0.05) is 19.8 Å². The third kappa shape index (κ3) is 3.56. The van der Waals surface area contributed by atoms with Gasteiger partial charge in [-0.2, -0.15) is 0 Å². The Labute approximate surface area is 129 Å². The van der Waals surface area contributed by atoms with E-state index < -0.39 is 23.0 Å². The summed E-state index contributed by atoms with van der Waals surface area (Å²) in [4.78, 5) is 23.2. The number of carboxylic acid groups (broad SMARTS) is 2. The van der Waals surface area contributed by atoms with Crippen LogP contribution in [0.15, 0.2) is 24.3 Å². The van der Waals surface area contributed by atoms with E-state index in [1.54, 1.807) is 0 Å². The average molecular weight is 310 g/mol. The van der Waals surface area contributed by atoms with Gasteiger partial charge in [0.25, 0.3) is 0 Å². The molecular formula is C16H22O6. The molecule has 0 aromatic carbocycles. The van der Waals surface area contributed by atoms with Crippen molar-refractivity contribution < 1.29 is 29.3 Å². The predicted octanol–water partition coefficient (Wildman–Crippen LogP) is 2.00. The Hall–Kier alpha value is -1.66. The second kappa shape index (κ2) is 7.07. The number of fused-ring (bicyclic) bond motifs is 9. The Morgan fingerprint density at radius 1 is 0.818 bits per heavy atom. The minimum absolute atomic E-state index is 0.282. The molecule has 0 fully saturated rings. The molecule has 0 unspecified atom stereocenters. The van der Waals surface area contributed by atoms with Crippen LogP contribution in [-0.4, -0.2) is 47.6 Å². The lowest BCUT2D eigenvalue weighted by Gasteiger charge is -2.32. The fraction of sp³-hybridized carbons (Fsp3) is 0.625. The number of carbonyl (C=O) groups is 2. The van der Waals surface area contributed by atoms with E-state index in [-0.39, 0.29) is 6.61 Å². The minimum atomic E-state index is -1.57. The number of hydrogen-bond acceptors (Lipinski definition) is 4. The molecule has 0 amide bonds. The standard InChI is InChI=1S/C16H22O6/c17-13(18)15-5-1-2-10-21-11-3-4-12-22-16(8-6-15,9-7-15)14(19)20/h6-9H,1-5,10-12H2,(H,17,18)(H,19,20). The Morgan fingerprint density at radius 3 is 2.00 bits per heavy atom. The van der Waals surface area contributed by atoms with Gasteiger partial charge in [0.2, 0.25) is 5.60 Å². The molecule has 122 valence electrons. The largest absolute Gasteiger partial charge is 0.480 e. The molecule has 3 rings (SSSR count). The SMILES string of the molecule is O=C(O)C12C=CC(C(=O)O)(C=C1)OCCCCOCCCC2. The second-order valence-electron chi connectivity index (χ2n) is 5.74. The first-order valence-electron chi connectivity index (χ1n) is 7.60. The van der Waals surface area contributed by atoms with E-state index >= 15 is 0 Å². The molecule has 2 N–H and O–H groups in total. The monoisotopic (exact) mass is 310 g/mol. The van der Waals surface area contributed by atoms with Crippen LogP contribution in [0.3, 0.4) is 0 Å². The highest BCUT2D eigenvalue weighted by molar-refractivity contribution is 5.87. The van der Waals surface area contributed by atoms with Crippen molar-refractivity contribution in [2.75, 3.05) is 19.8 Å². The lowest BCUT2D eigenvalue weighted by molar-refractivity contribution is -0.155. The van der Waals surface area contributed by atoms with E-state index in [2.05, 4.69) is 0 Å². The first-order chi connectivity index (χ1) is 10.5. The van der Waals surface area contributed by atoms with Gasteiger partial charge >= 0.3 is 11.9 Å². The second-order valence-corrected chi connectivity index (χ2v) is 5.74. The smallest absolute Gasteiger partial charge is 0.344 e. The Kier molecular flexibility index (Phi) is 5.37. The van der Waals surface area contributed by atoms with Gasteiger partial charge in [0.15, 0.2) is 0 Å². The number of ether oxygens (including phenoxy) is 2. The topological polar surface area (TPSA) is 93.1 Å². The van der Waals surface area contributed by atoms with E-state index in [1.807, 2.05) is 0 Å². The molecule has 1 aliphatic carbocycles. The summed E-state index contributed by atoms with van der Waals surface area (Å²) in [6.07, 6.45) is 9.04. The lowest BCUT2D eigenvalue weighted by atomic mass is 9.76. The third-order valence-corrected chi connectivity index (χ3v) is 4.14. The lowest BCUT2D eigenvalue weighted by Crippen LogP contribution is -2.42. The Balaban J connectivity index is 2.24. The predicted molar refractivity (Wildman–Crippen MR) is 78.6 cm³/mol. The van der Waals surface area contributed by atoms with Crippen LogP contribution in [0.1, 0.15) is 32.1 Å². The van der Waals surface area contributed by atoms with Gasteiger partial charge in [0.1, 0.15) is 5.41 Å². The molecule has 0 atom stereocenters. The summed E-state index contributed by atoms with van der Waals surface area (Å²) in [6.45, 7) is 1.51. The van der Waals surface area contributed by atoms with E-state index in [9.17, 15) is 19.8 Å². The summed E-state index contributed by atoms with van der Waals surface area (Å²) in [6, 6.07) is 0. The van der Waals surface area contributed by atoms with Crippen LogP contribution in [0, 0.1) is 5.41 Å². The Bertz CT molecular complexity index is 423. The van der Waals surface area contributed by atoms with Gasteiger partial charge in [-0.25, -0.2) is 4.79 Å². The molecule has 6 nitrogen and oxygen atoms in total. The molecule has 2 bridgehead atoms. The van der Waals surface area contributed by atoms with Crippen LogP contribution < -0.4 is 0 Å². The zero-order chi connectivity index (χ0) is 16.1. The van der Waals surface area contributed by atoms with Crippen LogP contribution in [0.2, 0.25) is 0 Å². The molecule has 6 heteroatoms. The molecule has 0 spiro atoms. The van der Waals surface area contributed by atoms with Gasteiger partial charge in [-0.1, -0.05) is 12.2 Å². The summed E-state index contributed by atoms with van der Waals surface area (Å²) in [7, 11) is 0. The van der Waals surface area contributed by atoms with Crippen molar-refractivity contribution in [2.45, 2.75) is 37.7 Å². The fourth-order valence-electron chi connectivity index (χ4n) is 2.64. The molecule has 3 aliphatic rings. The Morgan fingerprint density at radius 2 is 1.41 bits per heavy atom. The van der Waals surface area contributed by atoms with E-state index in [4.69, 9.17) is 9.47 Å². The quantitative estimate of drug-likeness (QED) is 0.758. The van der Waals surface area contributed by atoms with Crippen molar-refractivity contribution in [2.24, 2.45) is 5.41 Å². The molecule has 0 saturated carbocycles. The first-order valence-corrected chi connectivity index (χ1v) is 7.60. The first kappa shape index (κ1) is 16.7. The van der Waals surface area contributed by atoms with E-state index in [0.717, 1.165) is 12.8 Å². The van der Waals surface area contributed by atoms with Crippen LogP contribution in [0.25, 0.3) is 0 Å². The zero-order valence-corrected chi connectivity index (χ0v) is 12.5. The number of rotatable bonds is 2. The summed E-state index contributed by atoms with van der Waals surface area (Å²) in [5.74, 6) is -2.12. The number of aliphatic carboxylic acids is 2. The average Bonchev–Trinajstić information content (AvgIpc) is 2.50. The van der Waals surface area contributed by atoms with Crippen molar-refractivity contribution in [3.63, 3.8) is 0 Å². The summed E-state index contributed by atoms with van der Waals surface area (Å²) >= 11 is 0. The molecule has 2 aliphatic heterocycles. The van der Waals surface area contributed by atoms with Gasteiger partial charge < -0.3 is 19.7 Å². The van der Waals surface area contributed by atoms with E-state index in [1.165, 1.54) is 24.3 Å². The molecule has 2 heterocycles. The van der Waals surface area contributed by atoms with Crippen LogP contribution in [0.4, 0.5) is 0 Å². The van der Waals surface area contributed by atoms with Gasteiger partial charge in [-0.05, 0) is 44.3 Å². The molecule has 0 aromatic rings. The highest BCUT2D eigenvalue weighted by atomic mass is 16.5. The minimum Gasteiger partial charge on any atom is -0.480 e. The maximum absolute atomic E-state index is 11.6. The summed E-state index contributed by atoms with van der Waals surface area (Å²) in [5.41, 5.74) is -2.73. The maximum atomic E-state index is 11.6. The number of hydrogen-bond donors (Lipinski definition) is 2. The molecule has 0 saturated heterocycles. The third-order valence-electron chi connectivity index (χ3n) is 4.14. The van der Waals surface area contributed by atoms with Crippen molar-refractivity contribution in [1.29, 1.82) is 0 Å². The van der Waals surface area contributed by atoms with Gasteiger partial charge in [-0.15, -0.1) is 0 Å². The highest BCUT2D eigenvalue weighted by Crippen LogP contribution is 2.36. The molecular weight excluding hydrogens is 288 g/mol. The van der Waals surface area contributed by atoms with Crippen molar-refractivity contribution in [3.8, 4) is 0 Å².